The van der Waals surface area contributed by atoms with Gasteiger partial charge in [0.2, 0.25) is 11.8 Å². The largest absolute Gasteiger partial charge is 0.497 e. The molecule has 0 saturated carbocycles. The Morgan fingerprint density at radius 2 is 1.50 bits per heavy atom. The van der Waals surface area contributed by atoms with Crippen molar-refractivity contribution in [3.63, 3.8) is 0 Å². The normalized spacial score (nSPS) is 12.0. The monoisotopic (exact) mass is 593 g/mol. The molecule has 0 aliphatic carbocycles. The van der Waals surface area contributed by atoms with E-state index >= 15 is 0 Å². The second kappa shape index (κ2) is 14.9. The van der Waals surface area contributed by atoms with Crippen LogP contribution in [0.3, 0.4) is 0 Å². The summed E-state index contributed by atoms with van der Waals surface area (Å²) in [6, 6.07) is 18.5. The van der Waals surface area contributed by atoms with Crippen molar-refractivity contribution < 1.29 is 22.7 Å². The number of nitrogens with zero attached hydrogens (tertiary/aromatic N) is 2. The van der Waals surface area contributed by atoms with Gasteiger partial charge < -0.3 is 15.0 Å². The molecule has 0 aliphatic heterocycles. The average Bonchev–Trinajstić information content (AvgIpc) is 2.95. The minimum Gasteiger partial charge on any atom is -0.497 e. The maximum Gasteiger partial charge on any atom is 0.264 e. The third-order valence-corrected chi connectivity index (χ3v) is 8.90. The quantitative estimate of drug-likeness (QED) is 0.248. The van der Waals surface area contributed by atoms with Crippen LogP contribution in [0.5, 0.6) is 5.75 Å². The molecular formula is C33H43N3O5S. The fraction of sp³-hybridized carbons (Fsp3) is 0.394. The molecule has 0 unspecified atom stereocenters. The first kappa shape index (κ1) is 32.7. The lowest BCUT2D eigenvalue weighted by Gasteiger charge is -2.33. The van der Waals surface area contributed by atoms with Gasteiger partial charge in [-0.2, -0.15) is 0 Å². The number of aryl methyl sites for hydroxylation is 3. The predicted octanol–water partition coefficient (Wildman–Crippen LogP) is 5.54. The summed E-state index contributed by atoms with van der Waals surface area (Å²) in [4.78, 5) is 29.1. The second-order valence-corrected chi connectivity index (χ2v) is 12.5. The number of nitrogens with one attached hydrogen (secondary N) is 1. The lowest BCUT2D eigenvalue weighted by atomic mass is 10.1. The van der Waals surface area contributed by atoms with Gasteiger partial charge in [-0.25, -0.2) is 8.42 Å². The number of hydrogen-bond donors (Lipinski definition) is 1. The van der Waals surface area contributed by atoms with Crippen molar-refractivity contribution in [3.05, 3.63) is 89.0 Å². The molecule has 0 aromatic heterocycles. The number of ether oxygens (including phenoxy) is 1. The molecule has 0 spiro atoms. The number of rotatable bonds is 14. The van der Waals surface area contributed by atoms with Gasteiger partial charge in [0, 0.05) is 13.1 Å². The topological polar surface area (TPSA) is 96.0 Å². The molecule has 226 valence electrons. The van der Waals surface area contributed by atoms with Gasteiger partial charge in [-0.05, 0) is 86.7 Å². The zero-order chi connectivity index (χ0) is 30.9. The number of carbonyl (C=O) groups excluding carboxylic acids is 2. The number of hydrogen-bond acceptors (Lipinski definition) is 5. The van der Waals surface area contributed by atoms with Crippen molar-refractivity contribution in [3.8, 4) is 5.75 Å². The Kier molecular flexibility index (Phi) is 11.6. The number of benzene rings is 3. The third kappa shape index (κ3) is 8.35. The molecule has 8 nitrogen and oxygen atoms in total. The Labute approximate surface area is 250 Å². The van der Waals surface area contributed by atoms with Gasteiger partial charge in [0.05, 0.1) is 17.7 Å². The highest BCUT2D eigenvalue weighted by molar-refractivity contribution is 7.92. The van der Waals surface area contributed by atoms with Gasteiger partial charge in [-0.15, -0.1) is 0 Å². The van der Waals surface area contributed by atoms with Crippen molar-refractivity contribution in [2.24, 2.45) is 0 Å². The van der Waals surface area contributed by atoms with Crippen LogP contribution in [0.1, 0.15) is 55.4 Å². The average molecular weight is 594 g/mol. The minimum atomic E-state index is -4.12. The van der Waals surface area contributed by atoms with Crippen LogP contribution >= 0.6 is 0 Å². The molecule has 0 aliphatic rings. The smallest absolute Gasteiger partial charge is 0.264 e. The first-order chi connectivity index (χ1) is 20.0. The molecule has 9 heteroatoms. The summed E-state index contributed by atoms with van der Waals surface area (Å²) in [5.41, 5.74) is 3.86. The second-order valence-electron chi connectivity index (χ2n) is 10.6. The van der Waals surface area contributed by atoms with Crippen molar-refractivity contribution in [1.29, 1.82) is 0 Å². The highest BCUT2D eigenvalue weighted by Crippen LogP contribution is 2.27. The zero-order valence-electron chi connectivity index (χ0n) is 25.5. The van der Waals surface area contributed by atoms with Crippen LogP contribution < -0.4 is 14.4 Å². The maximum atomic E-state index is 14.2. The van der Waals surface area contributed by atoms with E-state index in [1.165, 1.54) is 4.90 Å². The zero-order valence-corrected chi connectivity index (χ0v) is 26.3. The number of carbonyl (C=O) groups is 2. The van der Waals surface area contributed by atoms with Gasteiger partial charge >= 0.3 is 0 Å². The summed E-state index contributed by atoms with van der Waals surface area (Å²) < 4.78 is 34.6. The van der Waals surface area contributed by atoms with E-state index in [0.29, 0.717) is 24.4 Å². The standard InChI is InChI=1S/C33H43N3O5S/c1-7-9-18-34-33(38)31(8-2)35(22-27-12-14-29(41-6)15-13-27)32(37)23-36(28-20-25(4)19-26(5)21-28)42(39,40)30-16-10-24(3)11-17-30/h10-17,19-21,31H,7-9,18,22-23H2,1-6H3,(H,34,38)/t31-/m0/s1. The summed E-state index contributed by atoms with van der Waals surface area (Å²) in [5, 5.41) is 2.95. The Morgan fingerprint density at radius 3 is 2.05 bits per heavy atom. The Morgan fingerprint density at radius 1 is 0.881 bits per heavy atom. The van der Waals surface area contributed by atoms with E-state index in [9.17, 15) is 18.0 Å². The minimum absolute atomic E-state index is 0.0890. The van der Waals surface area contributed by atoms with E-state index < -0.39 is 28.5 Å². The van der Waals surface area contributed by atoms with Gasteiger partial charge in [-0.1, -0.05) is 56.2 Å². The van der Waals surface area contributed by atoms with E-state index in [0.717, 1.165) is 39.4 Å². The molecule has 3 aromatic carbocycles. The molecular weight excluding hydrogens is 550 g/mol. The number of sulfonamides is 1. The van der Waals surface area contributed by atoms with Gasteiger partial charge in [0.1, 0.15) is 18.3 Å². The van der Waals surface area contributed by atoms with E-state index in [1.807, 2.05) is 52.8 Å². The Hall–Kier alpha value is -3.85. The van der Waals surface area contributed by atoms with Crippen LogP contribution in [0, 0.1) is 20.8 Å². The molecule has 0 radical (unpaired) electrons. The molecule has 2 amide bonds. The fourth-order valence-electron chi connectivity index (χ4n) is 4.81. The van der Waals surface area contributed by atoms with Crippen LogP contribution in [0.4, 0.5) is 5.69 Å². The van der Waals surface area contributed by atoms with Gasteiger partial charge in [-0.3, -0.25) is 13.9 Å². The highest BCUT2D eigenvalue weighted by atomic mass is 32.2. The molecule has 0 saturated heterocycles. The summed E-state index contributed by atoms with van der Waals surface area (Å²) in [7, 11) is -2.54. The van der Waals surface area contributed by atoms with E-state index in [4.69, 9.17) is 4.74 Å². The van der Waals surface area contributed by atoms with Crippen LogP contribution in [0.25, 0.3) is 0 Å². The SMILES string of the molecule is CCCCNC(=O)[C@H](CC)N(Cc1ccc(OC)cc1)C(=O)CN(c1cc(C)cc(C)c1)S(=O)(=O)c1ccc(C)cc1. The van der Waals surface area contributed by atoms with Gasteiger partial charge in [0.15, 0.2) is 0 Å². The number of methoxy groups -OCH3 is 1. The van der Waals surface area contributed by atoms with Crippen molar-refractivity contribution in [1.82, 2.24) is 10.2 Å². The molecule has 0 bridgehead atoms. The molecule has 0 fully saturated rings. The van der Waals surface area contributed by atoms with Crippen LogP contribution in [-0.4, -0.2) is 51.4 Å². The first-order valence-corrected chi connectivity index (χ1v) is 15.8. The molecule has 1 N–H and O–H groups in total. The van der Waals surface area contributed by atoms with Crippen LogP contribution in [0.2, 0.25) is 0 Å². The summed E-state index contributed by atoms with van der Waals surface area (Å²) >= 11 is 0. The van der Waals surface area contributed by atoms with E-state index in [-0.39, 0.29) is 17.3 Å². The lowest BCUT2D eigenvalue weighted by Crippen LogP contribution is -2.52. The summed E-state index contributed by atoms with van der Waals surface area (Å²) in [6.45, 7) is 9.73. The van der Waals surface area contributed by atoms with Crippen molar-refractivity contribution >= 4 is 27.5 Å². The van der Waals surface area contributed by atoms with Gasteiger partial charge in [0.25, 0.3) is 10.0 Å². The number of amides is 2. The first-order valence-electron chi connectivity index (χ1n) is 14.4. The maximum absolute atomic E-state index is 14.2. The number of unbranched alkanes of at least 4 members (excludes halogenated alkanes) is 1. The van der Waals surface area contributed by atoms with E-state index in [1.54, 1.807) is 55.6 Å². The molecule has 3 rings (SSSR count). The third-order valence-electron chi connectivity index (χ3n) is 7.11. The fourth-order valence-corrected chi connectivity index (χ4v) is 6.21. The highest BCUT2D eigenvalue weighted by Gasteiger charge is 2.33. The van der Waals surface area contributed by atoms with Crippen molar-refractivity contribution in [2.75, 3.05) is 24.5 Å². The molecule has 3 aromatic rings. The van der Waals surface area contributed by atoms with E-state index in [2.05, 4.69) is 5.32 Å². The molecule has 1 atom stereocenters. The Bertz CT molecular complexity index is 1430. The van der Waals surface area contributed by atoms with Crippen molar-refractivity contribution in [2.45, 2.75) is 71.4 Å². The molecule has 0 heterocycles. The predicted molar refractivity (Wildman–Crippen MR) is 167 cm³/mol. The number of anilines is 1. The lowest BCUT2D eigenvalue weighted by molar-refractivity contribution is -0.140. The van der Waals surface area contributed by atoms with Crippen LogP contribution in [0.15, 0.2) is 71.6 Å². The van der Waals surface area contributed by atoms with Crippen LogP contribution in [-0.2, 0) is 26.2 Å². The Balaban J connectivity index is 2.06. The summed E-state index contributed by atoms with van der Waals surface area (Å²) in [5.74, 6) is -0.0588. The molecule has 42 heavy (non-hydrogen) atoms. The summed E-state index contributed by atoms with van der Waals surface area (Å²) in [6.07, 6.45) is 2.12.